The smallest absolute Gasteiger partial charge is 0.0754 e. The number of benzene rings is 10. The molecule has 11 aromatic rings. The normalized spacial score (nSPS) is 14.2. The summed E-state index contributed by atoms with van der Waals surface area (Å²) in [6, 6.07) is 86.3. The lowest BCUT2D eigenvalue weighted by molar-refractivity contribution is 0.660. The van der Waals surface area contributed by atoms with Gasteiger partial charge in [-0.25, -0.2) is 0 Å². The lowest BCUT2D eigenvalue weighted by atomic mass is 9.65. The van der Waals surface area contributed by atoms with Crippen LogP contribution in [0.3, 0.4) is 0 Å². The van der Waals surface area contributed by atoms with Crippen molar-refractivity contribution in [3.05, 3.63) is 264 Å². The van der Waals surface area contributed by atoms with Gasteiger partial charge in [0.1, 0.15) is 0 Å². The van der Waals surface area contributed by atoms with Gasteiger partial charge >= 0.3 is 0 Å². The van der Waals surface area contributed by atoms with Crippen molar-refractivity contribution in [2.75, 3.05) is 4.90 Å². The van der Waals surface area contributed by atoms with Gasteiger partial charge in [-0.15, -0.1) is 0 Å². The Labute approximate surface area is 385 Å². The molecule has 0 N–H and O–H groups in total. The second-order valence-corrected chi connectivity index (χ2v) is 18.8. The van der Waals surface area contributed by atoms with Crippen molar-refractivity contribution >= 4 is 38.9 Å². The van der Waals surface area contributed by atoms with E-state index in [9.17, 15) is 0 Å². The Hall–Kier alpha value is -8.20. The van der Waals surface area contributed by atoms with Gasteiger partial charge in [-0.1, -0.05) is 202 Å². The third-order valence-corrected chi connectivity index (χ3v) is 15.2. The molecule has 0 fully saturated rings. The van der Waals surface area contributed by atoms with Crippen LogP contribution in [0, 0.1) is 0 Å². The maximum atomic E-state index is 2.57. The topological polar surface area (TPSA) is 8.17 Å². The van der Waals surface area contributed by atoms with E-state index in [4.69, 9.17) is 0 Å². The van der Waals surface area contributed by atoms with E-state index in [-0.39, 0.29) is 5.41 Å². The molecule has 10 aromatic carbocycles. The highest BCUT2D eigenvalue weighted by Gasteiger charge is 2.50. The Morgan fingerprint density at radius 1 is 0.348 bits per heavy atom. The fourth-order valence-electron chi connectivity index (χ4n) is 12.4. The van der Waals surface area contributed by atoms with Crippen LogP contribution in [0.15, 0.2) is 231 Å². The molecule has 0 amide bonds. The maximum absolute atomic E-state index is 2.57. The number of hydrogen-bond acceptors (Lipinski definition) is 1. The highest BCUT2D eigenvalue weighted by molar-refractivity contribution is 6.13. The van der Waals surface area contributed by atoms with Gasteiger partial charge in [0, 0.05) is 33.1 Å². The summed E-state index contributed by atoms with van der Waals surface area (Å²) in [5.41, 5.74) is 24.5. The van der Waals surface area contributed by atoms with Crippen LogP contribution in [0.25, 0.3) is 72.0 Å². The molecule has 0 saturated carbocycles. The van der Waals surface area contributed by atoms with Gasteiger partial charge in [0.05, 0.1) is 27.8 Å². The molecule has 2 nitrogen and oxygen atoms in total. The maximum Gasteiger partial charge on any atom is 0.0754 e. The summed E-state index contributed by atoms with van der Waals surface area (Å²) in [5.74, 6) is 0. The molecule has 0 bridgehead atoms. The van der Waals surface area contributed by atoms with Crippen molar-refractivity contribution in [2.45, 2.75) is 24.7 Å². The second-order valence-electron chi connectivity index (χ2n) is 18.8. The van der Waals surface area contributed by atoms with Crippen molar-refractivity contribution in [1.29, 1.82) is 0 Å². The minimum Gasteiger partial charge on any atom is -0.310 e. The van der Waals surface area contributed by atoms with Crippen LogP contribution in [0.2, 0.25) is 0 Å². The summed E-state index contributed by atoms with van der Waals surface area (Å²) in [5, 5.41) is 2.56. The van der Waals surface area contributed by atoms with Crippen LogP contribution in [0.4, 0.5) is 17.1 Å². The fourth-order valence-corrected chi connectivity index (χ4v) is 12.4. The molecule has 1 spiro atoms. The Balaban J connectivity index is 1.03. The van der Waals surface area contributed by atoms with Crippen molar-refractivity contribution in [3.8, 4) is 50.2 Å². The molecule has 0 saturated heterocycles. The van der Waals surface area contributed by atoms with Gasteiger partial charge < -0.3 is 9.47 Å². The molecular weight excluding hydrogens is 797 g/mol. The van der Waals surface area contributed by atoms with E-state index in [2.05, 4.69) is 254 Å². The number of rotatable bonds is 5. The average molecular weight is 841 g/mol. The molecule has 3 aliphatic rings. The molecule has 66 heavy (non-hydrogen) atoms. The molecule has 14 rings (SSSR count). The van der Waals surface area contributed by atoms with Crippen molar-refractivity contribution in [1.82, 2.24) is 4.57 Å². The minimum atomic E-state index is -0.497. The van der Waals surface area contributed by atoms with Gasteiger partial charge in [0.15, 0.2) is 0 Å². The van der Waals surface area contributed by atoms with Gasteiger partial charge in [-0.2, -0.15) is 0 Å². The van der Waals surface area contributed by atoms with E-state index in [0.29, 0.717) is 0 Å². The SMILES string of the molecule is CC1(C)c2ccccc2-c2ccc(N(c3cccc(-c4ccccc4)c3)c3ccccc3-c3ccc4c(c3)-n3c5ccccc5c5cccc(c53)C43c4ccccc4-c4ccccc43)cc21. The largest absolute Gasteiger partial charge is 0.310 e. The van der Waals surface area contributed by atoms with Gasteiger partial charge in [0.25, 0.3) is 0 Å². The highest BCUT2D eigenvalue weighted by atomic mass is 15.1. The third-order valence-electron chi connectivity index (χ3n) is 15.2. The van der Waals surface area contributed by atoms with Crippen LogP contribution >= 0.6 is 0 Å². The Kier molecular flexibility index (Phi) is 7.70. The van der Waals surface area contributed by atoms with Crippen molar-refractivity contribution in [3.63, 3.8) is 0 Å². The van der Waals surface area contributed by atoms with Crippen molar-refractivity contribution in [2.24, 2.45) is 0 Å². The van der Waals surface area contributed by atoms with Crippen LogP contribution in [-0.2, 0) is 10.8 Å². The van der Waals surface area contributed by atoms with Crippen LogP contribution in [-0.4, -0.2) is 4.57 Å². The van der Waals surface area contributed by atoms with Gasteiger partial charge in [-0.05, 0) is 115 Å². The molecule has 2 heterocycles. The van der Waals surface area contributed by atoms with Crippen LogP contribution < -0.4 is 4.90 Å². The van der Waals surface area contributed by atoms with Gasteiger partial charge in [0.2, 0.25) is 0 Å². The summed E-state index contributed by atoms with van der Waals surface area (Å²) >= 11 is 0. The third kappa shape index (κ3) is 4.91. The first kappa shape index (κ1) is 37.2. The number of aromatic nitrogens is 1. The number of fused-ring (bicyclic) bond motifs is 15. The molecule has 2 aliphatic carbocycles. The molecule has 0 unspecified atom stereocenters. The van der Waals surface area contributed by atoms with Gasteiger partial charge in [-0.3, -0.25) is 0 Å². The molecule has 1 aromatic heterocycles. The quantitative estimate of drug-likeness (QED) is 0.168. The number of nitrogens with zero attached hydrogens (tertiary/aromatic N) is 2. The zero-order valence-corrected chi connectivity index (χ0v) is 36.8. The molecule has 1 aliphatic heterocycles. The van der Waals surface area contributed by atoms with Crippen LogP contribution in [0.1, 0.15) is 47.2 Å². The van der Waals surface area contributed by atoms with Crippen LogP contribution in [0.5, 0.6) is 0 Å². The molecule has 0 atom stereocenters. The first-order valence-corrected chi connectivity index (χ1v) is 23.2. The second kappa shape index (κ2) is 13.7. The summed E-state index contributed by atoms with van der Waals surface area (Å²) in [6.07, 6.45) is 0. The first-order chi connectivity index (χ1) is 32.5. The summed E-state index contributed by atoms with van der Waals surface area (Å²) in [4.78, 5) is 2.49. The summed E-state index contributed by atoms with van der Waals surface area (Å²) < 4.78 is 2.57. The highest BCUT2D eigenvalue weighted by Crippen LogP contribution is 2.61. The van der Waals surface area contributed by atoms with E-state index < -0.39 is 5.41 Å². The fraction of sp³-hybridized carbons (Fsp3) is 0.0625. The molecule has 0 radical (unpaired) electrons. The number of hydrogen-bond donors (Lipinski definition) is 0. The van der Waals surface area contributed by atoms with E-state index in [1.807, 2.05) is 0 Å². The monoisotopic (exact) mass is 840 g/mol. The predicted octanol–water partition coefficient (Wildman–Crippen LogP) is 16.6. The molecule has 2 heteroatoms. The standard InChI is InChI=1S/C64H44N2/c1-63(2)53-28-11-6-23-47(53)50-36-35-45(40-58(50)63)65(44-21-16-20-42(38-44)41-18-4-3-5-19-41)59-32-14-9-22-46(59)43-34-37-56-61(39-43)66-60-33-15-10-26-51(60)52-27-17-31-57(62(52)66)64(56)54-29-12-7-24-48(54)49-25-8-13-30-55(49)64/h3-40H,1-2H3. The van der Waals surface area contributed by atoms with E-state index in [1.54, 1.807) is 0 Å². The number of anilines is 3. The zero-order valence-electron chi connectivity index (χ0n) is 36.8. The predicted molar refractivity (Wildman–Crippen MR) is 275 cm³/mol. The lowest BCUT2D eigenvalue weighted by Crippen LogP contribution is -2.33. The minimum absolute atomic E-state index is 0.147. The van der Waals surface area contributed by atoms with Crippen molar-refractivity contribution < 1.29 is 0 Å². The summed E-state index contributed by atoms with van der Waals surface area (Å²) in [7, 11) is 0. The Morgan fingerprint density at radius 2 is 0.924 bits per heavy atom. The Morgan fingerprint density at radius 3 is 1.71 bits per heavy atom. The molecule has 310 valence electrons. The zero-order chi connectivity index (χ0) is 43.7. The van der Waals surface area contributed by atoms with E-state index >= 15 is 0 Å². The number of para-hydroxylation sites is 3. The van der Waals surface area contributed by atoms with E-state index in [1.165, 1.54) is 105 Å². The first-order valence-electron chi connectivity index (χ1n) is 23.2. The van der Waals surface area contributed by atoms with E-state index in [0.717, 1.165) is 17.1 Å². The Bertz CT molecular complexity index is 3760. The summed E-state index contributed by atoms with van der Waals surface area (Å²) in [6.45, 7) is 4.74. The average Bonchev–Trinajstić information content (AvgIpc) is 3.95. The molecular formula is C64H44N2. The lowest BCUT2D eigenvalue weighted by Gasteiger charge is -2.40.